The zero-order chi connectivity index (χ0) is 12.1. The Hall–Kier alpha value is -2.51. The summed E-state index contributed by atoms with van der Waals surface area (Å²) in [6.07, 6.45) is 4.44. The predicted octanol–water partition coefficient (Wildman–Crippen LogP) is -0.586. The fourth-order valence-corrected chi connectivity index (χ4v) is 1.17. The smallest absolute Gasteiger partial charge is 0.271 e. The molecule has 2 heterocycles. The van der Waals surface area contributed by atoms with Crippen LogP contribution in [0.1, 0.15) is 16.3 Å². The number of rotatable bonds is 4. The molecule has 0 spiro atoms. The number of carbonyl (C=O) groups excluding carboxylic acids is 1. The summed E-state index contributed by atoms with van der Waals surface area (Å²) in [6.45, 7) is 0.384. The number of aromatic nitrogens is 4. The van der Waals surface area contributed by atoms with Crippen LogP contribution >= 0.6 is 0 Å². The van der Waals surface area contributed by atoms with Crippen molar-refractivity contribution in [3.05, 3.63) is 30.3 Å². The van der Waals surface area contributed by atoms with Crippen LogP contribution in [0.15, 0.2) is 23.3 Å². The lowest BCUT2D eigenvalue weighted by molar-refractivity contribution is 0.0948. The van der Waals surface area contributed by atoms with Gasteiger partial charge in [0, 0.05) is 13.0 Å². The summed E-state index contributed by atoms with van der Waals surface area (Å²) in [5.74, 6) is 0.396. The average molecular weight is 234 g/mol. The molecule has 0 atom stereocenters. The molecule has 0 aliphatic carbocycles. The third kappa shape index (κ3) is 2.97. The maximum absolute atomic E-state index is 11.6. The highest BCUT2D eigenvalue weighted by atomic mass is 16.5. The monoisotopic (exact) mass is 234 g/mol. The minimum absolute atomic E-state index is 0.179. The van der Waals surface area contributed by atoms with Crippen LogP contribution < -0.4 is 11.1 Å². The third-order valence-electron chi connectivity index (χ3n) is 1.93. The van der Waals surface area contributed by atoms with Gasteiger partial charge in [-0.05, 0) is 0 Å². The quantitative estimate of drug-likeness (QED) is 0.725. The van der Waals surface area contributed by atoms with Gasteiger partial charge in [0.2, 0.25) is 6.39 Å². The SMILES string of the molecule is Nc1cncc(C(=O)NCCc2ncon2)n1. The second-order valence-corrected chi connectivity index (χ2v) is 3.18. The van der Waals surface area contributed by atoms with E-state index in [4.69, 9.17) is 5.73 Å². The number of hydrogen-bond acceptors (Lipinski definition) is 7. The van der Waals surface area contributed by atoms with Crippen LogP contribution in [-0.4, -0.2) is 32.6 Å². The van der Waals surface area contributed by atoms with Crippen molar-refractivity contribution in [3.63, 3.8) is 0 Å². The summed E-state index contributed by atoms with van der Waals surface area (Å²) in [7, 11) is 0. The van der Waals surface area contributed by atoms with E-state index in [1.165, 1.54) is 18.8 Å². The molecule has 0 saturated heterocycles. The average Bonchev–Trinajstić information content (AvgIpc) is 2.82. The van der Waals surface area contributed by atoms with Gasteiger partial charge in [-0.1, -0.05) is 5.16 Å². The first-order valence-electron chi connectivity index (χ1n) is 4.86. The van der Waals surface area contributed by atoms with Gasteiger partial charge in [-0.2, -0.15) is 4.98 Å². The van der Waals surface area contributed by atoms with E-state index in [-0.39, 0.29) is 17.4 Å². The van der Waals surface area contributed by atoms with Crippen molar-refractivity contribution in [2.45, 2.75) is 6.42 Å². The molecule has 3 N–H and O–H groups in total. The maximum atomic E-state index is 11.6. The Morgan fingerprint density at radius 3 is 3.06 bits per heavy atom. The molecule has 0 saturated carbocycles. The Morgan fingerprint density at radius 2 is 2.35 bits per heavy atom. The van der Waals surface area contributed by atoms with Crippen molar-refractivity contribution in [1.29, 1.82) is 0 Å². The van der Waals surface area contributed by atoms with Gasteiger partial charge in [0.1, 0.15) is 11.5 Å². The summed E-state index contributed by atoms with van der Waals surface area (Å²) in [4.78, 5) is 23.0. The lowest BCUT2D eigenvalue weighted by atomic mass is 10.3. The first-order chi connectivity index (χ1) is 8.25. The van der Waals surface area contributed by atoms with E-state index in [0.29, 0.717) is 18.8 Å². The fourth-order valence-electron chi connectivity index (χ4n) is 1.17. The molecule has 8 heteroatoms. The molecule has 0 fully saturated rings. The van der Waals surface area contributed by atoms with Crippen LogP contribution in [0.4, 0.5) is 5.82 Å². The van der Waals surface area contributed by atoms with Crippen LogP contribution in [-0.2, 0) is 6.42 Å². The van der Waals surface area contributed by atoms with Crippen LogP contribution in [0, 0.1) is 0 Å². The minimum Gasteiger partial charge on any atom is -0.382 e. The Kier molecular flexibility index (Phi) is 3.24. The molecule has 2 rings (SSSR count). The highest BCUT2D eigenvalue weighted by Crippen LogP contribution is 1.97. The summed E-state index contributed by atoms with van der Waals surface area (Å²) < 4.78 is 4.56. The van der Waals surface area contributed by atoms with Crippen molar-refractivity contribution in [2.24, 2.45) is 0 Å². The van der Waals surface area contributed by atoms with Crippen molar-refractivity contribution in [1.82, 2.24) is 25.4 Å². The lowest BCUT2D eigenvalue weighted by Gasteiger charge is -2.02. The molecule has 0 bridgehead atoms. The molecule has 0 radical (unpaired) electrons. The van der Waals surface area contributed by atoms with Gasteiger partial charge in [0.15, 0.2) is 5.82 Å². The number of nitrogen functional groups attached to an aromatic ring is 1. The van der Waals surface area contributed by atoms with Crippen LogP contribution in [0.25, 0.3) is 0 Å². The van der Waals surface area contributed by atoms with Gasteiger partial charge >= 0.3 is 0 Å². The standard InChI is InChI=1S/C9H10N6O2/c10-7-4-11-3-6(14-7)9(16)12-2-1-8-13-5-17-15-8/h3-5H,1-2H2,(H2,10,14)(H,12,16). The molecule has 2 aromatic rings. The summed E-state index contributed by atoms with van der Waals surface area (Å²) >= 11 is 0. The molecule has 0 aliphatic heterocycles. The van der Waals surface area contributed by atoms with E-state index in [2.05, 4.69) is 29.9 Å². The number of carbonyl (C=O) groups is 1. The zero-order valence-corrected chi connectivity index (χ0v) is 8.83. The summed E-state index contributed by atoms with van der Waals surface area (Å²) in [5, 5.41) is 6.26. The lowest BCUT2D eigenvalue weighted by Crippen LogP contribution is -2.27. The van der Waals surface area contributed by atoms with Crippen LogP contribution in [0.2, 0.25) is 0 Å². The molecule has 8 nitrogen and oxygen atoms in total. The van der Waals surface area contributed by atoms with E-state index in [9.17, 15) is 4.79 Å². The van der Waals surface area contributed by atoms with Gasteiger partial charge in [-0.15, -0.1) is 0 Å². The molecule has 0 aromatic carbocycles. The second kappa shape index (κ2) is 5.01. The fraction of sp³-hybridized carbons (Fsp3) is 0.222. The molecule has 0 unspecified atom stereocenters. The van der Waals surface area contributed by atoms with Gasteiger partial charge in [0.05, 0.1) is 12.4 Å². The topological polar surface area (TPSA) is 120 Å². The molecule has 2 aromatic heterocycles. The van der Waals surface area contributed by atoms with Gasteiger partial charge in [-0.3, -0.25) is 9.78 Å². The van der Waals surface area contributed by atoms with Crippen molar-refractivity contribution < 1.29 is 9.32 Å². The minimum atomic E-state index is -0.340. The molecule has 17 heavy (non-hydrogen) atoms. The highest BCUT2D eigenvalue weighted by molar-refractivity contribution is 5.92. The van der Waals surface area contributed by atoms with Gasteiger partial charge in [-0.25, -0.2) is 4.98 Å². The normalized spacial score (nSPS) is 10.1. The molecule has 1 amide bonds. The van der Waals surface area contributed by atoms with Crippen molar-refractivity contribution in [2.75, 3.05) is 12.3 Å². The van der Waals surface area contributed by atoms with E-state index in [0.717, 1.165) is 0 Å². The van der Waals surface area contributed by atoms with E-state index < -0.39 is 0 Å². The summed E-state index contributed by atoms with van der Waals surface area (Å²) in [6, 6.07) is 0. The summed E-state index contributed by atoms with van der Waals surface area (Å²) in [5.41, 5.74) is 5.60. The van der Waals surface area contributed by atoms with Gasteiger partial charge < -0.3 is 15.6 Å². The van der Waals surface area contributed by atoms with Crippen LogP contribution in [0.5, 0.6) is 0 Å². The Morgan fingerprint density at radius 1 is 1.47 bits per heavy atom. The Balaban J connectivity index is 1.85. The third-order valence-corrected chi connectivity index (χ3v) is 1.93. The van der Waals surface area contributed by atoms with Crippen LogP contribution in [0.3, 0.4) is 0 Å². The zero-order valence-electron chi connectivity index (χ0n) is 8.83. The van der Waals surface area contributed by atoms with Crippen molar-refractivity contribution >= 4 is 11.7 Å². The maximum Gasteiger partial charge on any atom is 0.271 e. The first kappa shape index (κ1) is 11.0. The van der Waals surface area contributed by atoms with Gasteiger partial charge in [0.25, 0.3) is 5.91 Å². The molecule has 88 valence electrons. The largest absolute Gasteiger partial charge is 0.382 e. The van der Waals surface area contributed by atoms with E-state index in [1.54, 1.807) is 0 Å². The Labute approximate surface area is 96.3 Å². The number of nitrogens with two attached hydrogens (primary N) is 1. The molecular weight excluding hydrogens is 224 g/mol. The predicted molar refractivity (Wildman–Crippen MR) is 56.8 cm³/mol. The number of nitrogens with zero attached hydrogens (tertiary/aromatic N) is 4. The number of anilines is 1. The van der Waals surface area contributed by atoms with E-state index >= 15 is 0 Å². The number of amides is 1. The molecule has 0 aliphatic rings. The van der Waals surface area contributed by atoms with E-state index in [1.807, 2.05) is 0 Å². The number of nitrogens with one attached hydrogen (secondary N) is 1. The highest BCUT2D eigenvalue weighted by Gasteiger charge is 2.07. The second-order valence-electron chi connectivity index (χ2n) is 3.18. The number of hydrogen-bond donors (Lipinski definition) is 2. The first-order valence-corrected chi connectivity index (χ1v) is 4.86. The Bertz CT molecular complexity index is 498. The molecular formula is C9H10N6O2. The van der Waals surface area contributed by atoms with Crippen molar-refractivity contribution in [3.8, 4) is 0 Å².